The zero-order valence-electron chi connectivity index (χ0n) is 6.29. The SMILES string of the molecule is C=C1C=CCN(CC(=O)O)C1. The molecule has 0 unspecified atom stereocenters. The van der Waals surface area contributed by atoms with Crippen molar-refractivity contribution in [3.8, 4) is 0 Å². The number of hydrogen-bond acceptors (Lipinski definition) is 2. The van der Waals surface area contributed by atoms with Crippen LogP contribution in [0, 0.1) is 0 Å². The highest BCUT2D eigenvalue weighted by Crippen LogP contribution is 2.04. The Bertz CT molecular complexity index is 208. The highest BCUT2D eigenvalue weighted by molar-refractivity contribution is 5.69. The van der Waals surface area contributed by atoms with Crippen LogP contribution in [0.4, 0.5) is 0 Å². The summed E-state index contributed by atoms with van der Waals surface area (Å²) in [5.74, 6) is -0.784. The maximum absolute atomic E-state index is 10.3. The normalized spacial score (nSPS) is 18.7. The topological polar surface area (TPSA) is 40.5 Å². The van der Waals surface area contributed by atoms with Crippen molar-refractivity contribution in [3.63, 3.8) is 0 Å². The first kappa shape index (κ1) is 8.01. The van der Waals surface area contributed by atoms with Gasteiger partial charge in [0.25, 0.3) is 0 Å². The predicted molar refractivity (Wildman–Crippen MR) is 42.4 cm³/mol. The Labute approximate surface area is 65.6 Å². The smallest absolute Gasteiger partial charge is 0.317 e. The average molecular weight is 153 g/mol. The Hall–Kier alpha value is -1.09. The van der Waals surface area contributed by atoms with E-state index >= 15 is 0 Å². The molecule has 1 aliphatic heterocycles. The molecule has 1 rings (SSSR count). The van der Waals surface area contributed by atoms with Gasteiger partial charge in [-0.15, -0.1) is 0 Å². The van der Waals surface area contributed by atoms with Gasteiger partial charge >= 0.3 is 5.97 Å². The van der Waals surface area contributed by atoms with Crippen LogP contribution >= 0.6 is 0 Å². The monoisotopic (exact) mass is 153 g/mol. The minimum Gasteiger partial charge on any atom is -0.480 e. The largest absolute Gasteiger partial charge is 0.480 e. The van der Waals surface area contributed by atoms with Crippen LogP contribution in [0.15, 0.2) is 24.3 Å². The van der Waals surface area contributed by atoms with Crippen molar-refractivity contribution in [3.05, 3.63) is 24.3 Å². The van der Waals surface area contributed by atoms with E-state index in [0.29, 0.717) is 13.1 Å². The van der Waals surface area contributed by atoms with Crippen LogP contribution in [0.2, 0.25) is 0 Å². The molecular formula is C8H11NO2. The van der Waals surface area contributed by atoms with E-state index in [-0.39, 0.29) is 6.54 Å². The van der Waals surface area contributed by atoms with Crippen molar-refractivity contribution in [1.82, 2.24) is 4.90 Å². The third-order valence-corrected chi connectivity index (χ3v) is 1.50. The summed E-state index contributed by atoms with van der Waals surface area (Å²) in [5.41, 5.74) is 0.970. The van der Waals surface area contributed by atoms with E-state index in [1.165, 1.54) is 0 Å². The highest BCUT2D eigenvalue weighted by atomic mass is 16.4. The van der Waals surface area contributed by atoms with Gasteiger partial charge in [0.15, 0.2) is 0 Å². The fraction of sp³-hybridized carbons (Fsp3) is 0.375. The standard InChI is InChI=1S/C8H11NO2/c1-7-3-2-4-9(5-7)6-8(10)11/h2-3H,1,4-6H2,(H,10,11). The van der Waals surface area contributed by atoms with Crippen molar-refractivity contribution in [2.24, 2.45) is 0 Å². The minimum atomic E-state index is -0.784. The van der Waals surface area contributed by atoms with Gasteiger partial charge < -0.3 is 5.11 Å². The summed E-state index contributed by atoms with van der Waals surface area (Å²) in [6, 6.07) is 0. The number of carboxylic acid groups (broad SMARTS) is 1. The van der Waals surface area contributed by atoms with Crippen LogP contribution < -0.4 is 0 Å². The molecule has 0 radical (unpaired) electrons. The summed E-state index contributed by atoms with van der Waals surface area (Å²) in [7, 11) is 0. The molecule has 0 saturated carbocycles. The van der Waals surface area contributed by atoms with E-state index in [1.54, 1.807) is 0 Å². The van der Waals surface area contributed by atoms with Crippen molar-refractivity contribution in [1.29, 1.82) is 0 Å². The van der Waals surface area contributed by atoms with Gasteiger partial charge in [0.1, 0.15) is 0 Å². The van der Waals surface area contributed by atoms with Crippen LogP contribution in [-0.4, -0.2) is 35.6 Å². The lowest BCUT2D eigenvalue weighted by atomic mass is 10.2. The highest BCUT2D eigenvalue weighted by Gasteiger charge is 2.10. The van der Waals surface area contributed by atoms with Crippen LogP contribution in [-0.2, 0) is 4.79 Å². The maximum atomic E-state index is 10.3. The molecule has 11 heavy (non-hydrogen) atoms. The number of carbonyl (C=O) groups is 1. The Morgan fingerprint density at radius 2 is 2.55 bits per heavy atom. The molecule has 1 heterocycles. The number of carboxylic acids is 1. The molecule has 0 aliphatic carbocycles. The second kappa shape index (κ2) is 3.34. The van der Waals surface area contributed by atoms with Crippen molar-refractivity contribution >= 4 is 5.97 Å². The number of nitrogens with zero attached hydrogens (tertiary/aromatic N) is 1. The Morgan fingerprint density at radius 3 is 3.09 bits per heavy atom. The van der Waals surface area contributed by atoms with Gasteiger partial charge in [-0.3, -0.25) is 9.69 Å². The minimum absolute atomic E-state index is 0.101. The fourth-order valence-corrected chi connectivity index (χ4v) is 1.08. The van der Waals surface area contributed by atoms with Crippen LogP contribution in [0.25, 0.3) is 0 Å². The molecule has 0 fully saturated rings. The molecule has 0 amide bonds. The summed E-state index contributed by atoms with van der Waals surface area (Å²) in [6.45, 7) is 5.23. The zero-order chi connectivity index (χ0) is 8.27. The Balaban J connectivity index is 2.43. The lowest BCUT2D eigenvalue weighted by Gasteiger charge is -2.21. The maximum Gasteiger partial charge on any atom is 0.317 e. The Morgan fingerprint density at radius 1 is 1.82 bits per heavy atom. The summed E-state index contributed by atoms with van der Waals surface area (Å²) in [6.07, 6.45) is 3.85. The van der Waals surface area contributed by atoms with E-state index in [2.05, 4.69) is 6.58 Å². The van der Waals surface area contributed by atoms with E-state index in [4.69, 9.17) is 5.11 Å². The van der Waals surface area contributed by atoms with Gasteiger partial charge in [0.2, 0.25) is 0 Å². The van der Waals surface area contributed by atoms with Gasteiger partial charge in [0.05, 0.1) is 6.54 Å². The lowest BCUT2D eigenvalue weighted by Crippen LogP contribution is -2.33. The van der Waals surface area contributed by atoms with E-state index < -0.39 is 5.97 Å². The van der Waals surface area contributed by atoms with Crippen LogP contribution in [0.5, 0.6) is 0 Å². The number of aliphatic carboxylic acids is 1. The number of hydrogen-bond donors (Lipinski definition) is 1. The molecule has 0 aromatic heterocycles. The van der Waals surface area contributed by atoms with Gasteiger partial charge in [-0.25, -0.2) is 0 Å². The van der Waals surface area contributed by atoms with Gasteiger partial charge in [0, 0.05) is 13.1 Å². The second-order valence-corrected chi connectivity index (χ2v) is 2.62. The molecule has 1 N–H and O–H groups in total. The third kappa shape index (κ3) is 2.55. The van der Waals surface area contributed by atoms with Crippen molar-refractivity contribution in [2.45, 2.75) is 0 Å². The molecule has 0 atom stereocenters. The summed E-state index contributed by atoms with van der Waals surface area (Å²) < 4.78 is 0. The first-order valence-electron chi connectivity index (χ1n) is 3.47. The molecule has 3 nitrogen and oxygen atoms in total. The first-order valence-corrected chi connectivity index (χ1v) is 3.47. The molecule has 0 aromatic rings. The quantitative estimate of drug-likeness (QED) is 0.628. The van der Waals surface area contributed by atoms with Gasteiger partial charge in [-0.2, -0.15) is 0 Å². The summed E-state index contributed by atoms with van der Waals surface area (Å²) in [5, 5.41) is 8.46. The lowest BCUT2D eigenvalue weighted by molar-refractivity contribution is -0.138. The molecule has 0 saturated heterocycles. The zero-order valence-corrected chi connectivity index (χ0v) is 6.29. The van der Waals surface area contributed by atoms with Crippen LogP contribution in [0.1, 0.15) is 0 Å². The van der Waals surface area contributed by atoms with E-state index in [0.717, 1.165) is 5.57 Å². The molecule has 1 aliphatic rings. The molecular weight excluding hydrogens is 142 g/mol. The molecule has 60 valence electrons. The first-order chi connectivity index (χ1) is 5.18. The van der Waals surface area contributed by atoms with Crippen LogP contribution in [0.3, 0.4) is 0 Å². The summed E-state index contributed by atoms with van der Waals surface area (Å²) >= 11 is 0. The molecule has 3 heteroatoms. The van der Waals surface area contributed by atoms with Crippen molar-refractivity contribution in [2.75, 3.05) is 19.6 Å². The predicted octanol–water partition coefficient (Wildman–Crippen LogP) is 0.499. The molecule has 0 bridgehead atoms. The van der Waals surface area contributed by atoms with Crippen molar-refractivity contribution < 1.29 is 9.90 Å². The van der Waals surface area contributed by atoms with E-state index in [9.17, 15) is 4.79 Å². The number of rotatable bonds is 2. The van der Waals surface area contributed by atoms with Gasteiger partial charge in [-0.1, -0.05) is 18.7 Å². The third-order valence-electron chi connectivity index (χ3n) is 1.50. The second-order valence-electron chi connectivity index (χ2n) is 2.62. The average Bonchev–Trinajstić information content (AvgIpc) is 1.85. The fourth-order valence-electron chi connectivity index (χ4n) is 1.08. The van der Waals surface area contributed by atoms with Gasteiger partial charge in [-0.05, 0) is 5.57 Å². The van der Waals surface area contributed by atoms with E-state index in [1.807, 2.05) is 17.1 Å². The Kier molecular flexibility index (Phi) is 2.44. The molecule has 0 spiro atoms. The molecule has 0 aromatic carbocycles. The summed E-state index contributed by atoms with van der Waals surface area (Å²) in [4.78, 5) is 12.1.